The number of rotatable bonds is 6. The van der Waals surface area contributed by atoms with Crippen LogP contribution in [-0.4, -0.2) is 55.8 Å². The molecule has 6 heteroatoms. The zero-order chi connectivity index (χ0) is 8.74. The first kappa shape index (κ1) is 15.3. The first-order chi connectivity index (χ1) is 5.12. The van der Waals surface area contributed by atoms with Crippen molar-refractivity contribution in [1.29, 1.82) is 0 Å². The molecule has 0 aromatic carbocycles. The van der Waals surface area contributed by atoms with Crippen molar-refractivity contribution in [3.05, 3.63) is 25.3 Å². The van der Waals surface area contributed by atoms with Gasteiger partial charge in [-0.15, -0.1) is 13.2 Å². The van der Waals surface area contributed by atoms with E-state index in [2.05, 4.69) is 22.2 Å². The molecule has 0 radical (unpaired) electrons. The summed E-state index contributed by atoms with van der Waals surface area (Å²) < 4.78 is 19.6. The Morgan fingerprint density at radius 2 is 1.58 bits per heavy atom. The van der Waals surface area contributed by atoms with Crippen LogP contribution in [0.15, 0.2) is 25.3 Å². The third kappa shape index (κ3) is 8.94. The second-order valence-electron chi connectivity index (χ2n) is 1.64. The Balaban J connectivity index is 0. The number of hydrogen-bond donors (Lipinski definition) is 1. The third-order valence-corrected chi connectivity index (χ3v) is 1.66. The standard InChI is InChI=1S/C6H11O4P.Ca.2H/c1-3-5-9-11(7,8)10-6-4-2;;;/h3-4H,1-2,5-6H2,(H,7,8);;;. The quantitative estimate of drug-likeness (QED) is 0.404. The SMILES string of the molecule is C=CCOP(=O)(O)OCC=C.[CaH2]. The molecule has 0 aromatic heterocycles. The second-order valence-corrected chi connectivity index (χ2v) is 3.09. The van der Waals surface area contributed by atoms with Gasteiger partial charge in [0.05, 0.1) is 13.2 Å². The molecule has 68 valence electrons. The molecule has 0 aliphatic heterocycles. The average molecular weight is 220 g/mol. The predicted molar refractivity (Wildman–Crippen MR) is 50.7 cm³/mol. The van der Waals surface area contributed by atoms with Crippen LogP contribution in [0.4, 0.5) is 0 Å². The Kier molecular flexibility index (Phi) is 10.8. The Labute approximate surface area is 102 Å². The van der Waals surface area contributed by atoms with E-state index < -0.39 is 7.82 Å². The molecule has 0 unspecified atom stereocenters. The van der Waals surface area contributed by atoms with Gasteiger partial charge in [-0.2, -0.15) is 0 Å². The van der Waals surface area contributed by atoms with E-state index in [-0.39, 0.29) is 51.0 Å². The van der Waals surface area contributed by atoms with Crippen molar-refractivity contribution in [2.45, 2.75) is 0 Å². The van der Waals surface area contributed by atoms with E-state index in [0.717, 1.165) is 0 Å². The van der Waals surface area contributed by atoms with Gasteiger partial charge in [0, 0.05) is 0 Å². The van der Waals surface area contributed by atoms with Crippen LogP contribution in [0.3, 0.4) is 0 Å². The van der Waals surface area contributed by atoms with Crippen LogP contribution in [0.25, 0.3) is 0 Å². The van der Waals surface area contributed by atoms with Gasteiger partial charge in [0.2, 0.25) is 0 Å². The van der Waals surface area contributed by atoms with Crippen molar-refractivity contribution in [3.63, 3.8) is 0 Å². The van der Waals surface area contributed by atoms with E-state index in [1.54, 1.807) is 0 Å². The van der Waals surface area contributed by atoms with Crippen LogP contribution in [0.2, 0.25) is 0 Å². The van der Waals surface area contributed by atoms with Gasteiger partial charge in [0.25, 0.3) is 0 Å². The molecule has 0 aliphatic rings. The Bertz CT molecular complexity index is 166. The Hall–Kier alpha value is 0.850. The van der Waals surface area contributed by atoms with Crippen LogP contribution < -0.4 is 0 Å². The zero-order valence-corrected chi connectivity index (χ0v) is 7.00. The van der Waals surface area contributed by atoms with Crippen molar-refractivity contribution < 1.29 is 18.5 Å². The van der Waals surface area contributed by atoms with Crippen LogP contribution in [-0.2, 0) is 13.6 Å². The molecule has 0 fully saturated rings. The molecule has 0 rings (SSSR count). The summed E-state index contributed by atoms with van der Waals surface area (Å²) in [6.45, 7) is 6.60. The molecule has 0 aliphatic carbocycles. The van der Waals surface area contributed by atoms with Crippen molar-refractivity contribution in [1.82, 2.24) is 0 Å². The summed E-state index contributed by atoms with van der Waals surface area (Å²) in [5.41, 5.74) is 0. The van der Waals surface area contributed by atoms with Gasteiger partial charge in [0.15, 0.2) is 0 Å². The van der Waals surface area contributed by atoms with E-state index in [1.165, 1.54) is 12.2 Å². The molecule has 0 saturated carbocycles. The fourth-order valence-corrected chi connectivity index (χ4v) is 0.993. The van der Waals surface area contributed by atoms with E-state index in [4.69, 9.17) is 4.89 Å². The first-order valence-electron chi connectivity index (χ1n) is 2.96. The molecule has 1 N–H and O–H groups in total. The Morgan fingerprint density at radius 1 is 1.25 bits per heavy atom. The minimum atomic E-state index is -3.87. The predicted octanol–water partition coefficient (Wildman–Crippen LogP) is 0.576. The van der Waals surface area contributed by atoms with E-state index >= 15 is 0 Å². The molecule has 0 spiro atoms. The monoisotopic (exact) mass is 220 g/mol. The normalized spacial score (nSPS) is 10.1. The molecule has 4 nitrogen and oxygen atoms in total. The second kappa shape index (κ2) is 8.45. The molecule has 0 heterocycles. The average Bonchev–Trinajstić information content (AvgIpc) is 1.97. The number of phosphoric ester groups is 1. The topological polar surface area (TPSA) is 55.8 Å². The van der Waals surface area contributed by atoms with Gasteiger partial charge >= 0.3 is 45.6 Å². The fourth-order valence-electron chi connectivity index (χ4n) is 0.331. The molecule has 12 heavy (non-hydrogen) atoms. The summed E-state index contributed by atoms with van der Waals surface area (Å²) in [4.78, 5) is 8.79. The molecular formula is C6H13CaO4P. The van der Waals surface area contributed by atoms with Gasteiger partial charge < -0.3 is 4.89 Å². The van der Waals surface area contributed by atoms with Gasteiger partial charge in [0.1, 0.15) is 0 Å². The minimum absolute atomic E-state index is 0. The van der Waals surface area contributed by atoms with Crippen LogP contribution in [0.5, 0.6) is 0 Å². The summed E-state index contributed by atoms with van der Waals surface area (Å²) in [7, 11) is -3.87. The molecule has 0 saturated heterocycles. The summed E-state index contributed by atoms with van der Waals surface area (Å²) in [6.07, 6.45) is 2.72. The van der Waals surface area contributed by atoms with Gasteiger partial charge in [-0.1, -0.05) is 12.2 Å². The number of hydrogen-bond acceptors (Lipinski definition) is 3. The summed E-state index contributed by atoms with van der Waals surface area (Å²) in [6, 6.07) is 0. The van der Waals surface area contributed by atoms with Crippen molar-refractivity contribution in [3.8, 4) is 0 Å². The maximum atomic E-state index is 10.7. The molecular weight excluding hydrogens is 207 g/mol. The van der Waals surface area contributed by atoms with Crippen molar-refractivity contribution in [2.24, 2.45) is 0 Å². The van der Waals surface area contributed by atoms with E-state index in [0.29, 0.717) is 0 Å². The molecule has 0 amide bonds. The number of phosphoric acid groups is 1. The zero-order valence-electron chi connectivity index (χ0n) is 6.10. The van der Waals surface area contributed by atoms with Crippen LogP contribution in [0.1, 0.15) is 0 Å². The third-order valence-electron chi connectivity index (χ3n) is 0.711. The van der Waals surface area contributed by atoms with Gasteiger partial charge in [-0.3, -0.25) is 9.05 Å². The molecule has 0 bridgehead atoms. The summed E-state index contributed by atoms with van der Waals surface area (Å²) in [5, 5.41) is 0. The van der Waals surface area contributed by atoms with Crippen molar-refractivity contribution in [2.75, 3.05) is 13.2 Å². The Morgan fingerprint density at radius 3 is 1.83 bits per heavy atom. The fraction of sp³-hybridized carbons (Fsp3) is 0.333. The molecule has 0 aromatic rings. The van der Waals surface area contributed by atoms with Crippen molar-refractivity contribution >= 4 is 45.6 Å². The van der Waals surface area contributed by atoms with E-state index in [1.807, 2.05) is 0 Å². The molecule has 0 atom stereocenters. The van der Waals surface area contributed by atoms with Gasteiger partial charge in [-0.05, 0) is 0 Å². The summed E-state index contributed by atoms with van der Waals surface area (Å²) >= 11 is 0. The first-order valence-corrected chi connectivity index (χ1v) is 4.45. The van der Waals surface area contributed by atoms with Gasteiger partial charge in [-0.25, -0.2) is 4.57 Å². The van der Waals surface area contributed by atoms with Crippen LogP contribution >= 0.6 is 7.82 Å². The van der Waals surface area contributed by atoms with Crippen LogP contribution in [0, 0.1) is 0 Å². The van der Waals surface area contributed by atoms with E-state index in [9.17, 15) is 4.57 Å². The summed E-state index contributed by atoms with van der Waals surface area (Å²) in [5.74, 6) is 0. The maximum absolute atomic E-state index is 10.7.